The lowest BCUT2D eigenvalue weighted by Gasteiger charge is -2.07. The van der Waals surface area contributed by atoms with Crippen LogP contribution in [0, 0.1) is 0 Å². The summed E-state index contributed by atoms with van der Waals surface area (Å²) in [5, 5.41) is 0.570. The highest BCUT2D eigenvalue weighted by atomic mass is 35.5. The van der Waals surface area contributed by atoms with Gasteiger partial charge in [-0.25, -0.2) is 0 Å². The Balaban J connectivity index is 2.68. The molecule has 84 valence electrons. The maximum absolute atomic E-state index is 11.6. The molecule has 0 amide bonds. The maximum Gasteiger partial charge on any atom is 0.0577 e. The first-order chi connectivity index (χ1) is 7.15. The van der Waals surface area contributed by atoms with Crippen LogP contribution in [-0.4, -0.2) is 23.7 Å². The van der Waals surface area contributed by atoms with E-state index in [0.29, 0.717) is 28.8 Å². The molecule has 1 aromatic carbocycles. The van der Waals surface area contributed by atoms with Gasteiger partial charge in [0.05, 0.1) is 12.4 Å². The molecule has 0 spiro atoms. The van der Waals surface area contributed by atoms with E-state index in [9.17, 15) is 4.21 Å². The van der Waals surface area contributed by atoms with E-state index in [-0.39, 0.29) is 0 Å². The second-order valence-corrected chi connectivity index (χ2v) is 5.07. The van der Waals surface area contributed by atoms with Crippen molar-refractivity contribution in [1.29, 1.82) is 0 Å². The number of ether oxygens (including phenoxy) is 1. The highest BCUT2D eigenvalue weighted by Gasteiger charge is 2.08. The second kappa shape index (κ2) is 6.10. The van der Waals surface area contributed by atoms with Crippen LogP contribution >= 0.6 is 11.6 Å². The first-order valence-corrected chi connectivity index (χ1v) is 6.38. The maximum atomic E-state index is 11.6. The highest BCUT2D eigenvalue weighted by Crippen LogP contribution is 2.23. The Morgan fingerprint density at radius 1 is 1.53 bits per heavy atom. The number of nitrogens with two attached hydrogens (primary N) is 1. The van der Waals surface area contributed by atoms with Gasteiger partial charge < -0.3 is 10.5 Å². The molecule has 0 saturated heterocycles. The Hall–Kier alpha value is -0.580. The van der Waals surface area contributed by atoms with Gasteiger partial charge in [0.25, 0.3) is 0 Å². The molecule has 0 fully saturated rings. The topological polar surface area (TPSA) is 52.3 Å². The predicted molar refractivity (Wildman–Crippen MR) is 64.5 cm³/mol. The van der Waals surface area contributed by atoms with E-state index in [4.69, 9.17) is 22.1 Å². The number of benzene rings is 1. The fourth-order valence-electron chi connectivity index (χ4n) is 1.14. The molecule has 0 bridgehead atoms. The van der Waals surface area contributed by atoms with Gasteiger partial charge in [0, 0.05) is 39.9 Å². The van der Waals surface area contributed by atoms with Crippen molar-refractivity contribution in [1.82, 2.24) is 0 Å². The van der Waals surface area contributed by atoms with Crippen LogP contribution in [0.15, 0.2) is 18.2 Å². The molecule has 0 radical (unpaired) electrons. The molecule has 3 nitrogen and oxygen atoms in total. The highest BCUT2D eigenvalue weighted by molar-refractivity contribution is 7.84. The van der Waals surface area contributed by atoms with Crippen LogP contribution in [0.4, 0.5) is 5.69 Å². The van der Waals surface area contributed by atoms with Crippen LogP contribution in [-0.2, 0) is 21.3 Å². The van der Waals surface area contributed by atoms with Crippen LogP contribution in [0.2, 0.25) is 5.02 Å². The minimum Gasteiger partial charge on any atom is -0.398 e. The van der Waals surface area contributed by atoms with Crippen molar-refractivity contribution in [2.45, 2.75) is 5.75 Å². The molecule has 0 heterocycles. The molecule has 1 aromatic rings. The third kappa shape index (κ3) is 3.81. The van der Waals surface area contributed by atoms with E-state index >= 15 is 0 Å². The molecule has 1 atom stereocenters. The van der Waals surface area contributed by atoms with Crippen molar-refractivity contribution < 1.29 is 8.95 Å². The van der Waals surface area contributed by atoms with E-state index in [1.807, 2.05) is 0 Å². The molecule has 0 saturated carbocycles. The molecule has 0 aliphatic carbocycles. The Labute approximate surface area is 97.0 Å². The van der Waals surface area contributed by atoms with Gasteiger partial charge in [-0.3, -0.25) is 4.21 Å². The van der Waals surface area contributed by atoms with E-state index in [1.54, 1.807) is 25.3 Å². The van der Waals surface area contributed by atoms with Crippen LogP contribution in [0.1, 0.15) is 5.56 Å². The lowest BCUT2D eigenvalue weighted by molar-refractivity contribution is 0.218. The Kier molecular flexibility index (Phi) is 5.08. The number of hydrogen-bond donors (Lipinski definition) is 1. The molecule has 1 unspecified atom stereocenters. The summed E-state index contributed by atoms with van der Waals surface area (Å²) in [7, 11) is 0.604. The van der Waals surface area contributed by atoms with Gasteiger partial charge in [-0.05, 0) is 12.1 Å². The summed E-state index contributed by atoms with van der Waals surface area (Å²) in [5.41, 5.74) is 7.10. The Morgan fingerprint density at radius 3 is 2.87 bits per heavy atom. The van der Waals surface area contributed by atoms with E-state index in [0.717, 1.165) is 5.56 Å². The molecular formula is C10H14ClNO2S. The average molecular weight is 248 g/mol. The molecule has 1 rings (SSSR count). The summed E-state index contributed by atoms with van der Waals surface area (Å²) in [5.74, 6) is 0.885. The van der Waals surface area contributed by atoms with Crippen LogP contribution in [0.25, 0.3) is 0 Å². The SMILES string of the molecule is COCCS(=O)Cc1c(N)cccc1Cl. The summed E-state index contributed by atoms with van der Waals surface area (Å²) < 4.78 is 16.4. The van der Waals surface area contributed by atoms with Gasteiger partial charge in [0.15, 0.2) is 0 Å². The quantitative estimate of drug-likeness (QED) is 0.808. The fourth-order valence-corrected chi connectivity index (χ4v) is 2.61. The van der Waals surface area contributed by atoms with E-state index in [1.165, 1.54) is 0 Å². The van der Waals surface area contributed by atoms with Gasteiger partial charge in [0.1, 0.15) is 0 Å². The number of nitrogen functional groups attached to an aromatic ring is 1. The van der Waals surface area contributed by atoms with E-state index in [2.05, 4.69) is 0 Å². The van der Waals surface area contributed by atoms with Gasteiger partial charge >= 0.3 is 0 Å². The first kappa shape index (κ1) is 12.5. The minimum absolute atomic E-state index is 0.384. The first-order valence-electron chi connectivity index (χ1n) is 4.52. The molecule has 0 aromatic heterocycles. The molecule has 0 aliphatic rings. The summed E-state index contributed by atoms with van der Waals surface area (Å²) in [4.78, 5) is 0. The zero-order chi connectivity index (χ0) is 11.3. The van der Waals surface area contributed by atoms with Crippen molar-refractivity contribution in [2.24, 2.45) is 0 Å². The van der Waals surface area contributed by atoms with Crippen molar-refractivity contribution >= 4 is 28.1 Å². The van der Waals surface area contributed by atoms with Gasteiger partial charge in [-0.2, -0.15) is 0 Å². The number of methoxy groups -OCH3 is 1. The fraction of sp³-hybridized carbons (Fsp3) is 0.400. The smallest absolute Gasteiger partial charge is 0.0577 e. The summed E-state index contributed by atoms with van der Waals surface area (Å²) >= 11 is 5.96. The summed E-state index contributed by atoms with van der Waals surface area (Å²) in [6.45, 7) is 0.483. The predicted octanol–water partition coefficient (Wildman–Crippen LogP) is 1.82. The molecule has 0 aliphatic heterocycles. The van der Waals surface area contributed by atoms with Crippen molar-refractivity contribution in [3.8, 4) is 0 Å². The van der Waals surface area contributed by atoms with Gasteiger partial charge in [-0.15, -0.1) is 0 Å². The number of rotatable bonds is 5. The molecule has 2 N–H and O–H groups in total. The normalized spacial score (nSPS) is 12.7. The summed E-state index contributed by atoms with van der Waals surface area (Å²) in [6.07, 6.45) is 0. The van der Waals surface area contributed by atoms with Crippen LogP contribution < -0.4 is 5.73 Å². The zero-order valence-corrected chi connectivity index (χ0v) is 10.1. The van der Waals surface area contributed by atoms with Crippen molar-refractivity contribution in [3.63, 3.8) is 0 Å². The number of anilines is 1. The number of hydrogen-bond acceptors (Lipinski definition) is 3. The standard InChI is InChI=1S/C10H14ClNO2S/c1-14-5-6-15(13)7-8-9(11)3-2-4-10(8)12/h2-4H,5-7,12H2,1H3. The lowest BCUT2D eigenvalue weighted by atomic mass is 10.2. The average Bonchev–Trinajstić information content (AvgIpc) is 2.21. The largest absolute Gasteiger partial charge is 0.398 e. The van der Waals surface area contributed by atoms with Crippen molar-refractivity contribution in [2.75, 3.05) is 25.2 Å². The van der Waals surface area contributed by atoms with E-state index < -0.39 is 10.8 Å². The van der Waals surface area contributed by atoms with Crippen molar-refractivity contribution in [3.05, 3.63) is 28.8 Å². The van der Waals surface area contributed by atoms with Crippen LogP contribution in [0.3, 0.4) is 0 Å². The Morgan fingerprint density at radius 2 is 2.27 bits per heavy atom. The molecule has 5 heteroatoms. The second-order valence-electron chi connectivity index (χ2n) is 3.09. The lowest BCUT2D eigenvalue weighted by Crippen LogP contribution is -2.08. The minimum atomic E-state index is -0.981. The van der Waals surface area contributed by atoms with Gasteiger partial charge in [0.2, 0.25) is 0 Å². The monoisotopic (exact) mass is 247 g/mol. The Bertz CT molecular complexity index is 337. The third-order valence-electron chi connectivity index (χ3n) is 1.98. The van der Waals surface area contributed by atoms with Crippen LogP contribution in [0.5, 0.6) is 0 Å². The van der Waals surface area contributed by atoms with Gasteiger partial charge in [-0.1, -0.05) is 17.7 Å². The summed E-state index contributed by atoms with van der Waals surface area (Å²) in [6, 6.07) is 5.29. The zero-order valence-electron chi connectivity index (χ0n) is 8.53. The third-order valence-corrected chi connectivity index (χ3v) is 3.56. The molecule has 15 heavy (non-hydrogen) atoms. The number of halogens is 1. The molecular weight excluding hydrogens is 234 g/mol.